The lowest BCUT2D eigenvalue weighted by Crippen LogP contribution is -2.32. The van der Waals surface area contributed by atoms with Crippen LogP contribution in [0.15, 0.2) is 36.4 Å². The molecule has 1 unspecified atom stereocenters. The minimum atomic E-state index is -3.29. The second-order valence-corrected chi connectivity index (χ2v) is 8.09. The molecule has 0 aromatic heterocycles. The molecule has 2 aliphatic rings. The molecule has 4 rings (SSSR count). The van der Waals surface area contributed by atoms with Gasteiger partial charge >= 0.3 is 0 Å². The lowest BCUT2D eigenvalue weighted by Gasteiger charge is -2.23. The van der Waals surface area contributed by atoms with E-state index in [1.807, 2.05) is 24.3 Å². The van der Waals surface area contributed by atoms with E-state index in [0.29, 0.717) is 0 Å². The average Bonchev–Trinajstić information content (AvgIpc) is 2.53. The predicted octanol–water partition coefficient (Wildman–Crippen LogP) is 1.47. The Hall–Kier alpha value is -1.91. The summed E-state index contributed by atoms with van der Waals surface area (Å²) < 4.78 is 26.5. The molecule has 23 heavy (non-hydrogen) atoms. The molecule has 1 N–H and O–H groups in total. The maximum absolute atomic E-state index is 11.9. The van der Waals surface area contributed by atoms with E-state index in [4.69, 9.17) is 0 Å². The molecule has 0 heterocycles. The molecule has 0 fully saturated rings. The summed E-state index contributed by atoms with van der Waals surface area (Å²) in [6.45, 7) is 0. The Labute approximate surface area is 135 Å². The van der Waals surface area contributed by atoms with Gasteiger partial charge in [-0.1, -0.05) is 48.6 Å². The Balaban J connectivity index is 2.14. The molecular weight excluding hydrogens is 306 g/mol. The van der Waals surface area contributed by atoms with Crippen LogP contribution in [0.5, 0.6) is 0 Å². The van der Waals surface area contributed by atoms with Crippen molar-refractivity contribution >= 4 is 22.2 Å². The molecule has 4 heteroatoms. The van der Waals surface area contributed by atoms with Crippen molar-refractivity contribution in [3.8, 4) is 0 Å². The van der Waals surface area contributed by atoms with Gasteiger partial charge in [0.15, 0.2) is 0 Å². The van der Waals surface area contributed by atoms with Crippen LogP contribution in [0.1, 0.15) is 30.0 Å². The fourth-order valence-corrected chi connectivity index (χ4v) is 4.40. The van der Waals surface area contributed by atoms with Gasteiger partial charge in [-0.3, -0.25) is 0 Å². The minimum Gasteiger partial charge on any atom is -0.213 e. The highest BCUT2D eigenvalue weighted by molar-refractivity contribution is 7.88. The highest BCUT2D eigenvalue weighted by Gasteiger charge is 2.22. The molecule has 118 valence electrons. The van der Waals surface area contributed by atoms with E-state index in [0.717, 1.165) is 35.3 Å². The van der Waals surface area contributed by atoms with Crippen molar-refractivity contribution in [3.63, 3.8) is 0 Å². The lowest BCUT2D eigenvalue weighted by atomic mass is 9.87. The standard InChI is InChI=1S/C19H19NO2S/c1-23(21,22)20-18-12-14-7-3-4-8-15(14)17-11-10-13-6-2-5-9-16(13)19(17)18/h3-4,6-8,10-12,18,20H,2,5,9H2,1H3. The first-order valence-corrected chi connectivity index (χ1v) is 9.82. The predicted molar refractivity (Wildman–Crippen MR) is 92.4 cm³/mol. The number of nitrogens with one attached hydrogen (secondary N) is 1. The molecule has 0 amide bonds. The van der Waals surface area contributed by atoms with Crippen LogP contribution in [0.3, 0.4) is 0 Å². The van der Waals surface area contributed by atoms with Crippen LogP contribution in [0, 0.1) is 10.4 Å². The first kappa shape index (κ1) is 14.7. The van der Waals surface area contributed by atoms with Crippen molar-refractivity contribution in [1.82, 2.24) is 4.72 Å². The van der Waals surface area contributed by atoms with E-state index in [-0.39, 0.29) is 6.04 Å². The number of sulfonamides is 1. The van der Waals surface area contributed by atoms with E-state index < -0.39 is 10.0 Å². The zero-order valence-electron chi connectivity index (χ0n) is 13.0. The molecule has 3 nitrogen and oxygen atoms in total. The number of rotatable bonds is 2. The van der Waals surface area contributed by atoms with Crippen LogP contribution < -0.4 is 15.2 Å². The molecule has 0 saturated carbocycles. The zero-order valence-corrected chi connectivity index (χ0v) is 13.9. The Morgan fingerprint density at radius 1 is 1.04 bits per heavy atom. The molecule has 0 spiro atoms. The van der Waals surface area contributed by atoms with Crippen molar-refractivity contribution < 1.29 is 8.42 Å². The first-order chi connectivity index (χ1) is 11.0. The summed E-state index contributed by atoms with van der Waals surface area (Å²) >= 11 is 0. The van der Waals surface area contributed by atoms with Gasteiger partial charge < -0.3 is 0 Å². The number of benzene rings is 2. The molecule has 2 aromatic rings. The molecular formula is C19H19NO2S. The van der Waals surface area contributed by atoms with Crippen molar-refractivity contribution in [3.05, 3.63) is 68.4 Å². The highest BCUT2D eigenvalue weighted by atomic mass is 32.2. The Kier molecular flexibility index (Phi) is 3.39. The SMILES string of the molecule is CS(=O)(=O)NC1C=c2ccccc2=c2ccc3c(c21)CCCC=3. The maximum atomic E-state index is 11.9. The van der Waals surface area contributed by atoms with Gasteiger partial charge in [0.05, 0.1) is 12.3 Å². The third-order valence-corrected chi connectivity index (χ3v) is 5.32. The smallest absolute Gasteiger partial charge is 0.209 e. The Morgan fingerprint density at radius 2 is 1.87 bits per heavy atom. The minimum absolute atomic E-state index is 0.295. The summed E-state index contributed by atoms with van der Waals surface area (Å²) in [5.74, 6) is 0. The number of fused-ring (bicyclic) bond motifs is 4. The summed E-state index contributed by atoms with van der Waals surface area (Å²) in [6.07, 6.45) is 8.74. The van der Waals surface area contributed by atoms with Gasteiger partial charge in [-0.2, -0.15) is 0 Å². The van der Waals surface area contributed by atoms with E-state index >= 15 is 0 Å². The molecule has 2 aromatic carbocycles. The molecule has 0 saturated heterocycles. The van der Waals surface area contributed by atoms with E-state index in [9.17, 15) is 8.42 Å². The van der Waals surface area contributed by atoms with Crippen molar-refractivity contribution in [2.24, 2.45) is 0 Å². The summed E-state index contributed by atoms with van der Waals surface area (Å²) in [5, 5.41) is 4.67. The molecule has 0 aliphatic heterocycles. The number of hydrogen-bond donors (Lipinski definition) is 1. The van der Waals surface area contributed by atoms with Crippen molar-refractivity contribution in [1.29, 1.82) is 0 Å². The molecule has 1 atom stereocenters. The van der Waals surface area contributed by atoms with Gasteiger partial charge in [0.25, 0.3) is 0 Å². The van der Waals surface area contributed by atoms with Gasteiger partial charge in [-0.25, -0.2) is 13.1 Å². The third kappa shape index (κ3) is 2.62. The van der Waals surface area contributed by atoms with Crippen LogP contribution in [0.4, 0.5) is 0 Å². The van der Waals surface area contributed by atoms with Crippen LogP contribution in [0.25, 0.3) is 12.2 Å². The first-order valence-electron chi connectivity index (χ1n) is 7.93. The van der Waals surface area contributed by atoms with E-state index in [1.54, 1.807) is 0 Å². The average molecular weight is 325 g/mol. The normalized spacial score (nSPS) is 18.9. The summed E-state index contributed by atoms with van der Waals surface area (Å²) in [7, 11) is -3.29. The van der Waals surface area contributed by atoms with Gasteiger partial charge in [-0.15, -0.1) is 0 Å². The monoisotopic (exact) mass is 325 g/mol. The van der Waals surface area contributed by atoms with E-state index in [1.165, 1.54) is 22.3 Å². The summed E-state index contributed by atoms with van der Waals surface area (Å²) in [6, 6.07) is 12.2. The third-order valence-electron chi connectivity index (χ3n) is 4.64. The van der Waals surface area contributed by atoms with Gasteiger partial charge in [0.1, 0.15) is 0 Å². The second kappa shape index (κ2) is 5.32. The Bertz CT molecular complexity index is 1100. The fourth-order valence-electron chi connectivity index (χ4n) is 3.75. The maximum Gasteiger partial charge on any atom is 0.209 e. The lowest BCUT2D eigenvalue weighted by molar-refractivity contribution is 0.582. The number of hydrogen-bond acceptors (Lipinski definition) is 2. The Morgan fingerprint density at radius 3 is 2.70 bits per heavy atom. The van der Waals surface area contributed by atoms with Crippen LogP contribution in [0.2, 0.25) is 0 Å². The molecule has 0 radical (unpaired) electrons. The quantitative estimate of drug-likeness (QED) is 0.909. The fraction of sp³-hybridized carbons (Fsp3) is 0.263. The highest BCUT2D eigenvalue weighted by Crippen LogP contribution is 2.25. The van der Waals surface area contributed by atoms with Gasteiger partial charge in [0, 0.05) is 0 Å². The molecule has 2 aliphatic carbocycles. The van der Waals surface area contributed by atoms with Crippen LogP contribution in [-0.2, 0) is 16.4 Å². The van der Waals surface area contributed by atoms with Gasteiger partial charge in [0.2, 0.25) is 10.0 Å². The summed E-state index contributed by atoms with van der Waals surface area (Å²) in [5.41, 5.74) is 2.42. The van der Waals surface area contributed by atoms with E-state index in [2.05, 4.69) is 29.0 Å². The largest absolute Gasteiger partial charge is 0.213 e. The van der Waals surface area contributed by atoms with Crippen molar-refractivity contribution in [2.45, 2.75) is 25.3 Å². The topological polar surface area (TPSA) is 46.2 Å². The second-order valence-electron chi connectivity index (χ2n) is 6.31. The van der Waals surface area contributed by atoms with Crippen molar-refractivity contribution in [2.75, 3.05) is 6.26 Å². The zero-order chi connectivity index (χ0) is 16.0. The van der Waals surface area contributed by atoms with Crippen LogP contribution in [-0.4, -0.2) is 14.7 Å². The van der Waals surface area contributed by atoms with Crippen LogP contribution >= 0.6 is 0 Å². The van der Waals surface area contributed by atoms with Gasteiger partial charge in [-0.05, 0) is 51.3 Å². The molecule has 0 bridgehead atoms. The summed E-state index contributed by atoms with van der Waals surface area (Å²) in [4.78, 5) is 0.